The van der Waals surface area contributed by atoms with Crippen molar-refractivity contribution < 1.29 is 4.74 Å². The molecule has 0 amide bonds. The monoisotopic (exact) mass is 352 g/mol. The summed E-state index contributed by atoms with van der Waals surface area (Å²) in [5.41, 5.74) is 5.91. The van der Waals surface area contributed by atoms with E-state index in [1.54, 1.807) is 11.3 Å². The molecule has 1 aliphatic rings. The summed E-state index contributed by atoms with van der Waals surface area (Å²) in [5.74, 6) is 0. The highest BCUT2D eigenvalue weighted by molar-refractivity contribution is 9.10. The lowest BCUT2D eigenvalue weighted by molar-refractivity contribution is 0.0694. The maximum absolute atomic E-state index is 6.09. The van der Waals surface area contributed by atoms with Gasteiger partial charge in [0.15, 0.2) is 0 Å². The van der Waals surface area contributed by atoms with Crippen LogP contribution < -0.4 is 5.73 Å². The first-order valence-electron chi connectivity index (χ1n) is 6.08. The summed E-state index contributed by atoms with van der Waals surface area (Å²) in [6.45, 7) is 2.41. The van der Waals surface area contributed by atoms with Crippen molar-refractivity contribution in [2.24, 2.45) is 5.73 Å². The van der Waals surface area contributed by atoms with E-state index in [0.717, 1.165) is 28.4 Å². The minimum Gasteiger partial charge on any atom is -0.377 e. The van der Waals surface area contributed by atoms with E-state index < -0.39 is 0 Å². The largest absolute Gasteiger partial charge is 0.377 e. The zero-order chi connectivity index (χ0) is 13.1. The van der Waals surface area contributed by atoms with Crippen LogP contribution in [0.15, 0.2) is 10.5 Å². The second-order valence-electron chi connectivity index (χ2n) is 4.60. The van der Waals surface area contributed by atoms with E-state index in [1.165, 1.54) is 11.3 Å². The van der Waals surface area contributed by atoms with Crippen LogP contribution in [0, 0.1) is 0 Å². The van der Waals surface area contributed by atoms with Crippen LogP contribution in [0.2, 0.25) is 4.34 Å². The Hall–Kier alpha value is 0.350. The molecule has 0 bridgehead atoms. The molecule has 1 aromatic rings. The summed E-state index contributed by atoms with van der Waals surface area (Å²) in [4.78, 5) is 3.47. The van der Waals surface area contributed by atoms with Crippen LogP contribution in [-0.4, -0.2) is 37.7 Å². The first kappa shape index (κ1) is 14.8. The molecule has 1 aromatic heterocycles. The van der Waals surface area contributed by atoms with Crippen LogP contribution in [0.5, 0.6) is 0 Å². The Morgan fingerprint density at radius 2 is 2.50 bits per heavy atom. The molecule has 2 N–H and O–H groups in total. The number of ether oxygens (including phenoxy) is 1. The van der Waals surface area contributed by atoms with Crippen LogP contribution in [-0.2, 0) is 4.74 Å². The van der Waals surface area contributed by atoms with Gasteiger partial charge in [-0.25, -0.2) is 0 Å². The van der Waals surface area contributed by atoms with Gasteiger partial charge in [0, 0.05) is 29.0 Å². The number of halogens is 2. The van der Waals surface area contributed by atoms with Crippen LogP contribution in [0.4, 0.5) is 0 Å². The summed E-state index contributed by atoms with van der Waals surface area (Å²) >= 11 is 11.1. The van der Waals surface area contributed by atoms with Crippen LogP contribution in [0.1, 0.15) is 23.8 Å². The molecular formula is C12H18BrClN2OS. The minimum absolute atomic E-state index is 0.211. The lowest BCUT2D eigenvalue weighted by Crippen LogP contribution is -2.35. The number of hydrogen-bond donors (Lipinski definition) is 1. The SMILES string of the molecule is CN(CC1CCCO1)C(CN)c1cc(Br)c(Cl)s1. The van der Waals surface area contributed by atoms with Gasteiger partial charge in [-0.15, -0.1) is 11.3 Å². The molecule has 102 valence electrons. The molecular weight excluding hydrogens is 336 g/mol. The second kappa shape index (κ2) is 6.68. The maximum atomic E-state index is 6.09. The number of thiophene rings is 1. The zero-order valence-corrected chi connectivity index (χ0v) is 13.5. The summed E-state index contributed by atoms with van der Waals surface area (Å²) < 4.78 is 7.41. The van der Waals surface area contributed by atoms with Gasteiger partial charge < -0.3 is 10.5 Å². The Balaban J connectivity index is 2.02. The van der Waals surface area contributed by atoms with Gasteiger partial charge in [0.2, 0.25) is 0 Å². The molecule has 0 saturated carbocycles. The van der Waals surface area contributed by atoms with Crippen molar-refractivity contribution in [2.75, 3.05) is 26.7 Å². The molecule has 6 heteroatoms. The van der Waals surface area contributed by atoms with Gasteiger partial charge in [-0.2, -0.15) is 0 Å². The van der Waals surface area contributed by atoms with Crippen LogP contribution in [0.25, 0.3) is 0 Å². The van der Waals surface area contributed by atoms with E-state index in [2.05, 4.69) is 33.9 Å². The van der Waals surface area contributed by atoms with Crippen molar-refractivity contribution in [3.63, 3.8) is 0 Å². The molecule has 1 aliphatic heterocycles. The molecule has 2 atom stereocenters. The molecule has 0 aliphatic carbocycles. The third-order valence-electron chi connectivity index (χ3n) is 3.26. The molecule has 2 heterocycles. The van der Waals surface area contributed by atoms with Gasteiger partial charge in [-0.3, -0.25) is 4.90 Å². The molecule has 1 fully saturated rings. The van der Waals surface area contributed by atoms with Crippen molar-refractivity contribution in [3.8, 4) is 0 Å². The molecule has 0 aromatic carbocycles. The van der Waals surface area contributed by atoms with Crippen LogP contribution in [0.3, 0.4) is 0 Å². The van der Waals surface area contributed by atoms with Gasteiger partial charge in [-0.05, 0) is 41.9 Å². The van der Waals surface area contributed by atoms with Gasteiger partial charge in [-0.1, -0.05) is 11.6 Å². The summed E-state index contributed by atoms with van der Waals surface area (Å²) in [7, 11) is 2.10. The lowest BCUT2D eigenvalue weighted by Gasteiger charge is -2.28. The first-order valence-corrected chi connectivity index (χ1v) is 8.07. The van der Waals surface area contributed by atoms with E-state index in [-0.39, 0.29) is 6.04 Å². The molecule has 18 heavy (non-hydrogen) atoms. The smallest absolute Gasteiger partial charge is 0.107 e. The summed E-state index contributed by atoms with van der Waals surface area (Å²) in [6.07, 6.45) is 2.67. The lowest BCUT2D eigenvalue weighted by atomic mass is 10.1. The molecule has 2 unspecified atom stereocenters. The highest BCUT2D eigenvalue weighted by atomic mass is 79.9. The summed E-state index contributed by atoms with van der Waals surface area (Å²) in [5, 5.41) is 0. The van der Waals surface area contributed by atoms with E-state index in [1.807, 2.05) is 0 Å². The molecule has 0 spiro atoms. The van der Waals surface area contributed by atoms with E-state index in [0.29, 0.717) is 12.6 Å². The van der Waals surface area contributed by atoms with Crippen molar-refractivity contribution in [1.82, 2.24) is 4.90 Å². The predicted octanol–water partition coefficient (Wildman–Crippen LogP) is 3.27. The fourth-order valence-electron chi connectivity index (χ4n) is 2.28. The average molecular weight is 354 g/mol. The zero-order valence-electron chi connectivity index (χ0n) is 10.4. The molecule has 2 rings (SSSR count). The van der Waals surface area contributed by atoms with Gasteiger partial charge in [0.25, 0.3) is 0 Å². The Morgan fingerprint density at radius 1 is 1.72 bits per heavy atom. The normalized spacial score (nSPS) is 21.7. The Morgan fingerprint density at radius 3 is 3.00 bits per heavy atom. The quantitative estimate of drug-likeness (QED) is 0.883. The second-order valence-corrected chi connectivity index (χ2v) is 7.14. The van der Waals surface area contributed by atoms with Crippen molar-refractivity contribution in [3.05, 3.63) is 19.8 Å². The highest BCUT2D eigenvalue weighted by Crippen LogP contribution is 2.36. The van der Waals surface area contributed by atoms with Crippen molar-refractivity contribution in [1.29, 1.82) is 0 Å². The van der Waals surface area contributed by atoms with Gasteiger partial charge >= 0.3 is 0 Å². The first-order chi connectivity index (χ1) is 8.61. The van der Waals surface area contributed by atoms with Gasteiger partial charge in [0.05, 0.1) is 12.1 Å². The third kappa shape index (κ3) is 3.46. The maximum Gasteiger partial charge on any atom is 0.107 e. The molecule has 0 radical (unpaired) electrons. The molecule has 1 saturated heterocycles. The standard InChI is InChI=1S/C12H18BrClN2OS/c1-16(7-8-3-2-4-17-8)10(6-15)11-5-9(13)12(14)18-11/h5,8,10H,2-4,6-7,15H2,1H3. The van der Waals surface area contributed by atoms with Crippen molar-refractivity contribution >= 4 is 38.9 Å². The Kier molecular flexibility index (Phi) is 5.47. The van der Waals surface area contributed by atoms with Crippen LogP contribution >= 0.6 is 38.9 Å². The predicted molar refractivity (Wildman–Crippen MR) is 80.4 cm³/mol. The van der Waals surface area contributed by atoms with E-state index >= 15 is 0 Å². The van der Waals surface area contributed by atoms with E-state index in [4.69, 9.17) is 22.1 Å². The van der Waals surface area contributed by atoms with Gasteiger partial charge in [0.1, 0.15) is 4.34 Å². The Labute approximate surface area is 125 Å². The topological polar surface area (TPSA) is 38.5 Å². The van der Waals surface area contributed by atoms with Crippen molar-refractivity contribution in [2.45, 2.75) is 25.0 Å². The average Bonchev–Trinajstić information content (AvgIpc) is 2.92. The number of likely N-dealkylation sites (N-methyl/N-ethyl adjacent to an activating group) is 1. The fraction of sp³-hybridized carbons (Fsp3) is 0.667. The third-order valence-corrected chi connectivity index (χ3v) is 5.84. The Bertz CT molecular complexity index is 376. The number of rotatable bonds is 5. The fourth-order valence-corrected chi connectivity index (χ4v) is 4.19. The summed E-state index contributed by atoms with van der Waals surface area (Å²) in [6, 6.07) is 2.28. The highest BCUT2D eigenvalue weighted by Gasteiger charge is 2.24. The minimum atomic E-state index is 0.211. The molecule has 3 nitrogen and oxygen atoms in total. The number of nitrogens with zero attached hydrogens (tertiary/aromatic N) is 1. The number of nitrogens with two attached hydrogens (primary N) is 1. The number of hydrogen-bond acceptors (Lipinski definition) is 4. The van der Waals surface area contributed by atoms with E-state index in [9.17, 15) is 0 Å².